The highest BCUT2D eigenvalue weighted by Gasteiger charge is 2.12. The summed E-state index contributed by atoms with van der Waals surface area (Å²) in [5, 5.41) is 11.1. The van der Waals surface area contributed by atoms with Gasteiger partial charge in [0.2, 0.25) is 5.91 Å². The first-order valence-electron chi connectivity index (χ1n) is 8.43. The van der Waals surface area contributed by atoms with Crippen LogP contribution >= 0.6 is 11.5 Å². The van der Waals surface area contributed by atoms with E-state index in [1.54, 1.807) is 12.1 Å². The summed E-state index contributed by atoms with van der Waals surface area (Å²) in [6.07, 6.45) is 0.562. The fraction of sp³-hybridized carbons (Fsp3) is 0.158. The number of amides is 2. The van der Waals surface area contributed by atoms with E-state index in [4.69, 9.17) is 0 Å². The highest BCUT2D eigenvalue weighted by atomic mass is 32.1. The van der Waals surface area contributed by atoms with E-state index in [2.05, 4.69) is 20.2 Å². The van der Waals surface area contributed by atoms with Crippen LogP contribution in [0.5, 0.6) is 0 Å². The number of carbonyl (C=O) groups excluding carboxylic acids is 2. The van der Waals surface area contributed by atoms with Gasteiger partial charge in [-0.05, 0) is 42.2 Å². The van der Waals surface area contributed by atoms with Crippen molar-refractivity contribution in [2.24, 2.45) is 0 Å². The Morgan fingerprint density at radius 1 is 1.07 bits per heavy atom. The van der Waals surface area contributed by atoms with Gasteiger partial charge in [0.1, 0.15) is 17.3 Å². The van der Waals surface area contributed by atoms with Crippen LogP contribution in [0.25, 0.3) is 11.3 Å². The molecule has 0 aliphatic rings. The lowest BCUT2D eigenvalue weighted by Gasteiger charge is -2.08. The summed E-state index contributed by atoms with van der Waals surface area (Å²) >= 11 is 1.26. The van der Waals surface area contributed by atoms with Crippen LogP contribution < -0.4 is 10.6 Å². The van der Waals surface area contributed by atoms with Crippen LogP contribution in [0.3, 0.4) is 0 Å². The van der Waals surface area contributed by atoms with Crippen LogP contribution in [0.15, 0.2) is 47.8 Å². The molecule has 2 aromatic carbocycles. The molecule has 0 aliphatic heterocycles. The van der Waals surface area contributed by atoms with Gasteiger partial charge in [-0.3, -0.25) is 9.59 Å². The minimum absolute atomic E-state index is 0.184. The molecule has 28 heavy (non-hydrogen) atoms. The zero-order chi connectivity index (χ0) is 19.9. The van der Waals surface area contributed by atoms with Gasteiger partial charge in [-0.1, -0.05) is 16.6 Å². The van der Waals surface area contributed by atoms with Crippen molar-refractivity contribution >= 4 is 29.0 Å². The fourth-order valence-corrected chi connectivity index (χ4v) is 2.92. The van der Waals surface area contributed by atoms with Crippen molar-refractivity contribution in [1.82, 2.24) is 14.9 Å². The van der Waals surface area contributed by atoms with E-state index in [0.29, 0.717) is 18.2 Å². The van der Waals surface area contributed by atoms with Crippen LogP contribution in [0.4, 0.5) is 14.5 Å². The predicted molar refractivity (Wildman–Crippen MR) is 102 cm³/mol. The number of hydrogen-bond acceptors (Lipinski definition) is 5. The molecule has 0 radical (unpaired) electrons. The molecular weight excluding hydrogens is 386 g/mol. The molecule has 6 nitrogen and oxygen atoms in total. The van der Waals surface area contributed by atoms with Gasteiger partial charge in [0.05, 0.1) is 5.56 Å². The molecule has 2 N–H and O–H groups in total. The lowest BCUT2D eigenvalue weighted by molar-refractivity contribution is -0.116. The maximum atomic E-state index is 13.5. The van der Waals surface area contributed by atoms with Crippen molar-refractivity contribution in [3.05, 3.63) is 65.0 Å². The summed E-state index contributed by atoms with van der Waals surface area (Å²) in [5.74, 6) is -2.52. The maximum absolute atomic E-state index is 13.5. The molecule has 3 rings (SSSR count). The number of rotatable bonds is 7. The summed E-state index contributed by atoms with van der Waals surface area (Å²) in [6, 6.07) is 9.96. The van der Waals surface area contributed by atoms with E-state index in [9.17, 15) is 18.4 Å². The zero-order valence-electron chi connectivity index (χ0n) is 14.6. The third kappa shape index (κ3) is 5.17. The van der Waals surface area contributed by atoms with Crippen LogP contribution in [-0.4, -0.2) is 27.9 Å². The molecule has 3 aromatic rings. The number of aromatic nitrogens is 2. The average Bonchev–Trinajstić information content (AvgIpc) is 3.20. The largest absolute Gasteiger partial charge is 0.352 e. The summed E-state index contributed by atoms with van der Waals surface area (Å²) in [6.45, 7) is 0.193. The van der Waals surface area contributed by atoms with Crippen molar-refractivity contribution in [2.75, 3.05) is 11.9 Å². The van der Waals surface area contributed by atoms with Crippen LogP contribution in [-0.2, 0) is 4.79 Å². The minimum Gasteiger partial charge on any atom is -0.352 e. The van der Waals surface area contributed by atoms with E-state index >= 15 is 0 Å². The lowest BCUT2D eigenvalue weighted by Crippen LogP contribution is -2.26. The van der Waals surface area contributed by atoms with Crippen LogP contribution in [0.2, 0.25) is 0 Å². The molecule has 2 amide bonds. The minimum atomic E-state index is -0.924. The second-order valence-electron chi connectivity index (χ2n) is 5.90. The number of nitrogens with zero attached hydrogens (tertiary/aromatic N) is 2. The zero-order valence-corrected chi connectivity index (χ0v) is 15.4. The predicted octanol–water partition coefficient (Wildman–Crippen LogP) is 3.63. The Labute approximate surface area is 163 Å². The summed E-state index contributed by atoms with van der Waals surface area (Å²) in [7, 11) is 0. The number of halogens is 2. The number of benzene rings is 2. The topological polar surface area (TPSA) is 84.0 Å². The summed E-state index contributed by atoms with van der Waals surface area (Å²) in [5.41, 5.74) is 2.09. The molecule has 0 aliphatic carbocycles. The number of anilines is 1. The number of nitrogens with one attached hydrogen (secondary N) is 2. The second kappa shape index (κ2) is 9.14. The third-order valence-electron chi connectivity index (χ3n) is 3.87. The SMILES string of the molecule is O=C(CCCNC(=O)c1ccc(F)cc1F)Nc1ccc(-c2csnn2)cc1. The van der Waals surface area contributed by atoms with Gasteiger partial charge in [-0.15, -0.1) is 5.10 Å². The quantitative estimate of drug-likeness (QED) is 0.591. The smallest absolute Gasteiger partial charge is 0.254 e. The second-order valence-corrected chi connectivity index (χ2v) is 6.51. The molecule has 0 fully saturated rings. The normalized spacial score (nSPS) is 10.5. The maximum Gasteiger partial charge on any atom is 0.254 e. The van der Waals surface area contributed by atoms with Crippen molar-refractivity contribution in [3.63, 3.8) is 0 Å². The molecule has 0 saturated heterocycles. The first-order valence-corrected chi connectivity index (χ1v) is 9.27. The standard InChI is InChI=1S/C19H16F2N4O2S/c20-13-5-8-15(16(21)10-13)19(27)22-9-1-2-18(26)23-14-6-3-12(4-7-14)17-11-28-25-24-17/h3-8,10-11H,1-2,9H2,(H,22,27)(H,23,26). The van der Waals surface area contributed by atoms with E-state index < -0.39 is 17.5 Å². The van der Waals surface area contributed by atoms with Crippen LogP contribution in [0, 0.1) is 11.6 Å². The Kier molecular flexibility index (Phi) is 6.38. The van der Waals surface area contributed by atoms with Crippen LogP contribution in [0.1, 0.15) is 23.2 Å². The molecule has 0 unspecified atom stereocenters. The molecule has 9 heteroatoms. The van der Waals surface area contributed by atoms with E-state index in [-0.39, 0.29) is 24.4 Å². The van der Waals surface area contributed by atoms with Crippen molar-refractivity contribution < 1.29 is 18.4 Å². The summed E-state index contributed by atoms with van der Waals surface area (Å²) in [4.78, 5) is 23.8. The number of hydrogen-bond donors (Lipinski definition) is 2. The Bertz CT molecular complexity index is 963. The monoisotopic (exact) mass is 402 g/mol. The number of carbonyl (C=O) groups is 2. The highest BCUT2D eigenvalue weighted by Crippen LogP contribution is 2.20. The molecule has 0 atom stereocenters. The molecule has 0 bridgehead atoms. The van der Waals surface area contributed by atoms with E-state index in [1.807, 2.05) is 17.5 Å². The first kappa shape index (κ1) is 19.6. The van der Waals surface area contributed by atoms with Gasteiger partial charge in [0.25, 0.3) is 5.91 Å². The molecular formula is C19H16F2N4O2S. The Morgan fingerprint density at radius 2 is 1.86 bits per heavy atom. The summed E-state index contributed by atoms with van der Waals surface area (Å²) < 4.78 is 30.2. The highest BCUT2D eigenvalue weighted by molar-refractivity contribution is 7.03. The van der Waals surface area contributed by atoms with Crippen molar-refractivity contribution in [3.8, 4) is 11.3 Å². The van der Waals surface area contributed by atoms with E-state index in [0.717, 1.165) is 23.4 Å². The molecule has 144 valence electrons. The average molecular weight is 402 g/mol. The van der Waals surface area contributed by atoms with Gasteiger partial charge in [0.15, 0.2) is 0 Å². The van der Waals surface area contributed by atoms with Crippen molar-refractivity contribution in [1.29, 1.82) is 0 Å². The Morgan fingerprint density at radius 3 is 2.54 bits per heavy atom. The first-order chi connectivity index (χ1) is 13.5. The Hall–Kier alpha value is -3.20. The van der Waals surface area contributed by atoms with Gasteiger partial charge < -0.3 is 10.6 Å². The van der Waals surface area contributed by atoms with Gasteiger partial charge in [-0.2, -0.15) is 0 Å². The molecule has 0 saturated carbocycles. The van der Waals surface area contributed by atoms with E-state index in [1.165, 1.54) is 11.5 Å². The lowest BCUT2D eigenvalue weighted by atomic mass is 10.1. The molecule has 0 spiro atoms. The Balaban J connectivity index is 1.41. The van der Waals surface area contributed by atoms with Crippen molar-refractivity contribution in [2.45, 2.75) is 12.8 Å². The van der Waals surface area contributed by atoms with Gasteiger partial charge in [-0.25, -0.2) is 8.78 Å². The van der Waals surface area contributed by atoms with Gasteiger partial charge in [0, 0.05) is 35.7 Å². The third-order valence-corrected chi connectivity index (χ3v) is 4.37. The van der Waals surface area contributed by atoms with Gasteiger partial charge >= 0.3 is 0 Å². The molecule has 1 heterocycles. The fourth-order valence-electron chi connectivity index (χ4n) is 2.46. The molecule has 1 aromatic heterocycles.